The van der Waals surface area contributed by atoms with E-state index in [9.17, 15) is 9.59 Å². The van der Waals surface area contributed by atoms with Gasteiger partial charge < -0.3 is 16.0 Å². The van der Waals surface area contributed by atoms with Crippen molar-refractivity contribution >= 4 is 24.2 Å². The van der Waals surface area contributed by atoms with Crippen LogP contribution in [0.4, 0.5) is 0 Å². The lowest BCUT2D eigenvalue weighted by atomic mass is 9.87. The highest BCUT2D eigenvalue weighted by atomic mass is 35.5. The molecule has 6 heteroatoms. The predicted molar refractivity (Wildman–Crippen MR) is 99.0 cm³/mol. The van der Waals surface area contributed by atoms with Crippen molar-refractivity contribution in [2.24, 2.45) is 17.6 Å². The van der Waals surface area contributed by atoms with Crippen LogP contribution in [0.1, 0.15) is 65.2 Å². The molecule has 1 aliphatic carbocycles. The first-order valence-electron chi connectivity index (χ1n) is 9.31. The zero-order valence-electron chi connectivity index (χ0n) is 15.1. The molecule has 1 saturated heterocycles. The van der Waals surface area contributed by atoms with Crippen LogP contribution in [0.15, 0.2) is 0 Å². The van der Waals surface area contributed by atoms with E-state index in [-0.39, 0.29) is 30.3 Å². The van der Waals surface area contributed by atoms with Gasteiger partial charge in [0.2, 0.25) is 11.8 Å². The van der Waals surface area contributed by atoms with Gasteiger partial charge >= 0.3 is 0 Å². The number of nitrogens with two attached hydrogens (primary N) is 1. The first kappa shape index (κ1) is 21.2. The van der Waals surface area contributed by atoms with Crippen LogP contribution < -0.4 is 11.1 Å². The quantitative estimate of drug-likeness (QED) is 0.791. The Bertz CT molecular complexity index is 403. The van der Waals surface area contributed by atoms with Gasteiger partial charge in [-0.25, -0.2) is 0 Å². The zero-order valence-corrected chi connectivity index (χ0v) is 15.9. The van der Waals surface area contributed by atoms with Gasteiger partial charge in [-0.3, -0.25) is 9.59 Å². The third kappa shape index (κ3) is 6.25. The molecule has 0 radical (unpaired) electrons. The molecule has 1 aliphatic heterocycles. The number of hydrogen-bond acceptors (Lipinski definition) is 3. The minimum atomic E-state index is -0.419. The van der Waals surface area contributed by atoms with Crippen molar-refractivity contribution in [2.45, 2.75) is 77.3 Å². The van der Waals surface area contributed by atoms with Crippen molar-refractivity contribution in [1.82, 2.24) is 10.2 Å². The highest BCUT2D eigenvalue weighted by Crippen LogP contribution is 2.26. The molecule has 3 N–H and O–H groups in total. The lowest BCUT2D eigenvalue weighted by Crippen LogP contribution is -2.50. The van der Waals surface area contributed by atoms with Gasteiger partial charge in [-0.15, -0.1) is 12.4 Å². The smallest absolute Gasteiger partial charge is 0.244 e. The number of amides is 2. The van der Waals surface area contributed by atoms with Crippen molar-refractivity contribution in [3.8, 4) is 0 Å². The number of carbonyl (C=O) groups excluding carboxylic acids is 2. The molecule has 2 atom stereocenters. The third-order valence-electron chi connectivity index (χ3n) is 5.54. The maximum absolute atomic E-state index is 12.5. The summed E-state index contributed by atoms with van der Waals surface area (Å²) < 4.78 is 0. The molecule has 2 rings (SSSR count). The highest BCUT2D eigenvalue weighted by Gasteiger charge is 2.28. The van der Waals surface area contributed by atoms with Crippen LogP contribution in [0.25, 0.3) is 0 Å². The van der Waals surface area contributed by atoms with Crippen molar-refractivity contribution < 1.29 is 9.59 Å². The van der Waals surface area contributed by atoms with E-state index in [0.29, 0.717) is 18.3 Å². The third-order valence-corrected chi connectivity index (χ3v) is 5.54. The average molecular weight is 360 g/mol. The van der Waals surface area contributed by atoms with Gasteiger partial charge in [0, 0.05) is 25.6 Å². The van der Waals surface area contributed by atoms with Crippen molar-refractivity contribution in [2.75, 3.05) is 13.1 Å². The fraction of sp³-hybridized carbons (Fsp3) is 0.889. The summed E-state index contributed by atoms with van der Waals surface area (Å²) in [5, 5.41) is 2.90. The second kappa shape index (κ2) is 10.2. The number of carbonyl (C=O) groups is 2. The zero-order chi connectivity index (χ0) is 16.8. The molecule has 2 amide bonds. The molecule has 0 spiro atoms. The molecular weight excluding hydrogens is 326 g/mol. The van der Waals surface area contributed by atoms with Crippen LogP contribution in [0, 0.1) is 11.8 Å². The topological polar surface area (TPSA) is 75.4 Å². The molecule has 1 heterocycles. The van der Waals surface area contributed by atoms with E-state index in [1.165, 1.54) is 19.3 Å². The first-order valence-corrected chi connectivity index (χ1v) is 9.31. The van der Waals surface area contributed by atoms with Crippen LogP contribution in [-0.2, 0) is 9.59 Å². The van der Waals surface area contributed by atoms with Gasteiger partial charge in [0.05, 0.1) is 0 Å². The molecular formula is C18H34ClN3O2. The van der Waals surface area contributed by atoms with Crippen LogP contribution >= 0.6 is 12.4 Å². The summed E-state index contributed by atoms with van der Waals surface area (Å²) in [5.41, 5.74) is 5.94. The molecule has 2 unspecified atom stereocenters. The van der Waals surface area contributed by atoms with E-state index < -0.39 is 6.04 Å². The number of halogens is 1. The number of nitrogens with zero attached hydrogens (tertiary/aromatic N) is 1. The van der Waals surface area contributed by atoms with E-state index in [4.69, 9.17) is 5.73 Å². The summed E-state index contributed by atoms with van der Waals surface area (Å²) in [6.07, 6.45) is 8.58. The SMILES string of the molecule is CC(NC(=O)CC1CCCCC1)C(=O)N1CCC(C(C)N)CC1.Cl. The Balaban J connectivity index is 0.00000288. The van der Waals surface area contributed by atoms with Crippen molar-refractivity contribution in [1.29, 1.82) is 0 Å². The largest absolute Gasteiger partial charge is 0.345 e. The summed E-state index contributed by atoms with van der Waals surface area (Å²) in [6.45, 7) is 5.36. The lowest BCUT2D eigenvalue weighted by molar-refractivity contribution is -0.137. The lowest BCUT2D eigenvalue weighted by Gasteiger charge is -2.35. The normalized spacial score (nSPS) is 22.4. The van der Waals surface area contributed by atoms with Crippen molar-refractivity contribution in [3.05, 3.63) is 0 Å². The molecule has 0 bridgehead atoms. The van der Waals surface area contributed by atoms with Gasteiger partial charge in [0.1, 0.15) is 6.04 Å². The minimum absolute atomic E-state index is 0. The Morgan fingerprint density at radius 2 is 1.67 bits per heavy atom. The fourth-order valence-electron chi connectivity index (χ4n) is 3.94. The van der Waals surface area contributed by atoms with Crippen LogP contribution in [0.2, 0.25) is 0 Å². The van der Waals surface area contributed by atoms with Gasteiger partial charge in [-0.1, -0.05) is 19.3 Å². The second-order valence-electron chi connectivity index (χ2n) is 7.52. The van der Waals surface area contributed by atoms with Gasteiger partial charge in [-0.2, -0.15) is 0 Å². The maximum Gasteiger partial charge on any atom is 0.244 e. The standard InChI is InChI=1S/C18H33N3O2.ClH/c1-13(19)16-8-10-21(11-9-16)18(23)14(2)20-17(22)12-15-6-4-3-5-7-15;/h13-16H,3-12,19H2,1-2H3,(H,20,22);1H. The molecule has 1 saturated carbocycles. The van der Waals surface area contributed by atoms with E-state index in [0.717, 1.165) is 38.8 Å². The summed E-state index contributed by atoms with van der Waals surface area (Å²) in [5.74, 6) is 1.09. The Morgan fingerprint density at radius 1 is 1.08 bits per heavy atom. The number of piperidine rings is 1. The van der Waals surface area contributed by atoms with Gasteiger partial charge in [0.25, 0.3) is 0 Å². The van der Waals surface area contributed by atoms with Gasteiger partial charge in [0.15, 0.2) is 0 Å². The van der Waals surface area contributed by atoms with Crippen molar-refractivity contribution in [3.63, 3.8) is 0 Å². The van der Waals surface area contributed by atoms with Crippen LogP contribution in [-0.4, -0.2) is 41.9 Å². The molecule has 0 aromatic rings. The number of rotatable bonds is 5. The van der Waals surface area contributed by atoms with Crippen LogP contribution in [0.3, 0.4) is 0 Å². The van der Waals surface area contributed by atoms with E-state index in [1.807, 2.05) is 11.8 Å². The molecule has 0 aromatic heterocycles. The Hall–Kier alpha value is -0.810. The summed E-state index contributed by atoms with van der Waals surface area (Å²) in [6, 6.07) is -0.224. The van der Waals surface area contributed by atoms with Crippen LogP contribution in [0.5, 0.6) is 0 Å². The predicted octanol–water partition coefficient (Wildman–Crippen LogP) is 2.47. The number of nitrogens with one attached hydrogen (secondary N) is 1. The fourth-order valence-corrected chi connectivity index (χ4v) is 3.94. The second-order valence-corrected chi connectivity index (χ2v) is 7.52. The molecule has 2 aliphatic rings. The summed E-state index contributed by atoms with van der Waals surface area (Å²) in [4.78, 5) is 26.5. The maximum atomic E-state index is 12.5. The van der Waals surface area contributed by atoms with E-state index >= 15 is 0 Å². The first-order chi connectivity index (χ1) is 11.0. The van der Waals surface area contributed by atoms with E-state index in [2.05, 4.69) is 5.32 Å². The number of likely N-dealkylation sites (tertiary alicyclic amines) is 1. The Morgan fingerprint density at radius 3 is 2.21 bits per heavy atom. The molecule has 24 heavy (non-hydrogen) atoms. The average Bonchev–Trinajstić information content (AvgIpc) is 2.55. The Kier molecular flexibility index (Phi) is 9.06. The minimum Gasteiger partial charge on any atom is -0.345 e. The monoisotopic (exact) mass is 359 g/mol. The van der Waals surface area contributed by atoms with Gasteiger partial charge in [-0.05, 0) is 51.4 Å². The molecule has 5 nitrogen and oxygen atoms in total. The molecule has 2 fully saturated rings. The highest BCUT2D eigenvalue weighted by molar-refractivity contribution is 5.87. The van der Waals surface area contributed by atoms with E-state index in [1.54, 1.807) is 6.92 Å². The number of hydrogen-bond donors (Lipinski definition) is 2. The summed E-state index contributed by atoms with van der Waals surface area (Å²) in [7, 11) is 0. The summed E-state index contributed by atoms with van der Waals surface area (Å²) >= 11 is 0. The molecule has 0 aromatic carbocycles. The molecule has 140 valence electrons. The Labute approximate surface area is 152 Å².